The number of hydrogen-bond acceptors (Lipinski definition) is 4. The monoisotopic (exact) mass is 264 g/mol. The van der Waals surface area contributed by atoms with E-state index in [9.17, 15) is 9.59 Å². The average Bonchev–Trinajstić information content (AvgIpc) is 2.39. The number of amides is 1. The first-order valence-corrected chi connectivity index (χ1v) is 6.14. The highest BCUT2D eigenvalue weighted by atomic mass is 16.5. The van der Waals surface area contributed by atoms with E-state index < -0.39 is 5.97 Å². The van der Waals surface area contributed by atoms with Crippen LogP contribution in [0.2, 0.25) is 0 Å². The van der Waals surface area contributed by atoms with Gasteiger partial charge in [0.05, 0.1) is 32.1 Å². The molecular weight excluding hydrogens is 248 g/mol. The zero-order chi connectivity index (χ0) is 13.7. The van der Waals surface area contributed by atoms with E-state index in [2.05, 4.69) is 4.98 Å². The first-order valence-electron chi connectivity index (χ1n) is 6.14. The van der Waals surface area contributed by atoms with E-state index in [1.807, 2.05) is 6.07 Å². The first-order chi connectivity index (χ1) is 9.16. The molecule has 2 rings (SSSR count). The molecule has 1 aromatic rings. The van der Waals surface area contributed by atoms with Crippen LogP contribution in [0.1, 0.15) is 12.0 Å². The number of carboxylic acids is 1. The summed E-state index contributed by atoms with van der Waals surface area (Å²) in [5.41, 5.74) is 0.827. The van der Waals surface area contributed by atoms with Crippen molar-refractivity contribution < 1.29 is 19.4 Å². The lowest BCUT2D eigenvalue weighted by Crippen LogP contribution is -2.50. The van der Waals surface area contributed by atoms with Crippen LogP contribution in [0.3, 0.4) is 0 Å². The topological polar surface area (TPSA) is 79.7 Å². The van der Waals surface area contributed by atoms with Gasteiger partial charge in [-0.2, -0.15) is 0 Å². The van der Waals surface area contributed by atoms with Crippen molar-refractivity contribution in [2.45, 2.75) is 18.9 Å². The number of carbonyl (C=O) groups excluding carboxylic acids is 1. The fraction of sp³-hybridized carbons (Fsp3) is 0.462. The van der Waals surface area contributed by atoms with Crippen LogP contribution in [0, 0.1) is 0 Å². The molecule has 0 aromatic carbocycles. The lowest BCUT2D eigenvalue weighted by molar-refractivity contribution is -0.145. The largest absolute Gasteiger partial charge is 0.481 e. The summed E-state index contributed by atoms with van der Waals surface area (Å²) in [6.07, 6.45) is 3.45. The molecule has 6 nitrogen and oxygen atoms in total. The molecule has 102 valence electrons. The molecule has 6 heteroatoms. The highest BCUT2D eigenvalue weighted by Crippen LogP contribution is 2.13. The number of ether oxygens (including phenoxy) is 1. The molecule has 0 radical (unpaired) electrons. The van der Waals surface area contributed by atoms with Crippen molar-refractivity contribution >= 4 is 11.9 Å². The van der Waals surface area contributed by atoms with Gasteiger partial charge in [0.1, 0.15) is 0 Å². The van der Waals surface area contributed by atoms with E-state index in [0.29, 0.717) is 13.2 Å². The molecule has 0 saturated carbocycles. The van der Waals surface area contributed by atoms with Crippen LogP contribution in [0.5, 0.6) is 0 Å². The van der Waals surface area contributed by atoms with Crippen LogP contribution in [0.15, 0.2) is 24.5 Å². The third kappa shape index (κ3) is 3.75. The standard InChI is InChI=1S/C13H16N2O4/c16-12(6-10-2-1-3-14-8-10)15-4-5-19-9-11(15)7-13(17)18/h1-3,8,11H,4-7,9H2,(H,17,18). The minimum Gasteiger partial charge on any atom is -0.481 e. The minimum absolute atomic E-state index is 0.0810. The normalized spacial score (nSPS) is 19.2. The van der Waals surface area contributed by atoms with Crippen LogP contribution in [0.25, 0.3) is 0 Å². The molecule has 1 unspecified atom stereocenters. The Balaban J connectivity index is 2.01. The quantitative estimate of drug-likeness (QED) is 0.847. The van der Waals surface area contributed by atoms with Crippen molar-refractivity contribution in [2.75, 3.05) is 19.8 Å². The van der Waals surface area contributed by atoms with Crippen molar-refractivity contribution in [1.82, 2.24) is 9.88 Å². The zero-order valence-electron chi connectivity index (χ0n) is 10.5. The number of carboxylic acid groups (broad SMARTS) is 1. The number of pyridine rings is 1. The Morgan fingerprint density at radius 1 is 1.53 bits per heavy atom. The van der Waals surface area contributed by atoms with Crippen LogP contribution in [-0.4, -0.2) is 52.7 Å². The molecule has 1 aliphatic heterocycles. The Bertz CT molecular complexity index is 449. The zero-order valence-corrected chi connectivity index (χ0v) is 10.5. The Morgan fingerprint density at radius 2 is 2.37 bits per heavy atom. The van der Waals surface area contributed by atoms with Crippen molar-refractivity contribution in [3.05, 3.63) is 30.1 Å². The number of rotatable bonds is 4. The Labute approximate surface area is 111 Å². The van der Waals surface area contributed by atoms with Gasteiger partial charge in [-0.1, -0.05) is 6.07 Å². The third-order valence-corrected chi connectivity index (χ3v) is 3.04. The van der Waals surface area contributed by atoms with E-state index in [4.69, 9.17) is 9.84 Å². The van der Waals surface area contributed by atoms with E-state index >= 15 is 0 Å². The predicted octanol–water partition coefficient (Wildman–Crippen LogP) is 0.326. The number of aromatic nitrogens is 1. The second-order valence-corrected chi connectivity index (χ2v) is 4.45. The summed E-state index contributed by atoms with van der Waals surface area (Å²) in [4.78, 5) is 28.6. The van der Waals surface area contributed by atoms with Crippen molar-refractivity contribution in [3.63, 3.8) is 0 Å². The maximum absolute atomic E-state index is 12.2. The molecule has 1 aromatic heterocycles. The van der Waals surface area contributed by atoms with Crippen molar-refractivity contribution in [2.24, 2.45) is 0 Å². The summed E-state index contributed by atoms with van der Waals surface area (Å²) in [6, 6.07) is 3.23. The molecule has 0 spiro atoms. The number of morpholine rings is 1. The molecular formula is C13H16N2O4. The van der Waals surface area contributed by atoms with Gasteiger partial charge in [-0.15, -0.1) is 0 Å². The van der Waals surface area contributed by atoms with Crippen molar-refractivity contribution in [3.8, 4) is 0 Å². The lowest BCUT2D eigenvalue weighted by Gasteiger charge is -2.34. The fourth-order valence-electron chi connectivity index (χ4n) is 2.13. The fourth-order valence-corrected chi connectivity index (χ4v) is 2.13. The molecule has 0 aliphatic carbocycles. The van der Waals surface area contributed by atoms with Gasteiger partial charge in [-0.25, -0.2) is 0 Å². The van der Waals surface area contributed by atoms with Gasteiger partial charge >= 0.3 is 5.97 Å². The molecule has 1 atom stereocenters. The molecule has 1 aliphatic rings. The van der Waals surface area contributed by atoms with Gasteiger partial charge in [0, 0.05) is 18.9 Å². The SMILES string of the molecule is O=C(O)CC1COCCN1C(=O)Cc1cccnc1. The summed E-state index contributed by atoms with van der Waals surface area (Å²) >= 11 is 0. The van der Waals surface area contributed by atoms with Gasteiger partial charge in [0.25, 0.3) is 0 Å². The Kier molecular flexibility index (Phi) is 4.46. The van der Waals surface area contributed by atoms with Gasteiger partial charge in [-0.05, 0) is 11.6 Å². The highest BCUT2D eigenvalue weighted by molar-refractivity contribution is 5.80. The lowest BCUT2D eigenvalue weighted by atomic mass is 10.1. The van der Waals surface area contributed by atoms with Gasteiger partial charge < -0.3 is 14.7 Å². The molecule has 19 heavy (non-hydrogen) atoms. The summed E-state index contributed by atoms with van der Waals surface area (Å²) in [5.74, 6) is -1.00. The van der Waals surface area contributed by atoms with Gasteiger partial charge in [-0.3, -0.25) is 14.6 Å². The van der Waals surface area contributed by atoms with E-state index in [1.54, 1.807) is 23.4 Å². The average molecular weight is 264 g/mol. The molecule has 1 N–H and O–H groups in total. The molecule has 1 fully saturated rings. The summed E-state index contributed by atoms with van der Waals surface area (Å²) < 4.78 is 5.24. The molecule has 2 heterocycles. The van der Waals surface area contributed by atoms with Crippen LogP contribution in [0.4, 0.5) is 0 Å². The maximum Gasteiger partial charge on any atom is 0.305 e. The highest BCUT2D eigenvalue weighted by Gasteiger charge is 2.28. The minimum atomic E-state index is -0.922. The maximum atomic E-state index is 12.2. The first kappa shape index (κ1) is 13.5. The molecule has 1 amide bonds. The third-order valence-electron chi connectivity index (χ3n) is 3.04. The molecule has 1 saturated heterocycles. The van der Waals surface area contributed by atoms with E-state index in [0.717, 1.165) is 5.56 Å². The van der Waals surface area contributed by atoms with E-state index in [-0.39, 0.29) is 31.4 Å². The number of aliphatic carboxylic acids is 1. The summed E-state index contributed by atoms with van der Waals surface area (Å²) in [7, 11) is 0. The number of hydrogen-bond donors (Lipinski definition) is 1. The van der Waals surface area contributed by atoms with E-state index in [1.165, 1.54) is 0 Å². The van der Waals surface area contributed by atoms with Crippen molar-refractivity contribution in [1.29, 1.82) is 0 Å². The summed E-state index contributed by atoms with van der Waals surface area (Å²) in [5, 5.41) is 8.85. The smallest absolute Gasteiger partial charge is 0.305 e. The second kappa shape index (κ2) is 6.29. The predicted molar refractivity (Wildman–Crippen MR) is 66.5 cm³/mol. The molecule has 0 bridgehead atoms. The number of carbonyl (C=O) groups is 2. The Hall–Kier alpha value is -1.95. The van der Waals surface area contributed by atoms with Gasteiger partial charge in [0.2, 0.25) is 5.91 Å². The Morgan fingerprint density at radius 3 is 3.05 bits per heavy atom. The second-order valence-electron chi connectivity index (χ2n) is 4.45. The van der Waals surface area contributed by atoms with Crippen LogP contribution in [-0.2, 0) is 20.7 Å². The summed E-state index contributed by atoms with van der Waals surface area (Å²) in [6.45, 7) is 1.18. The van der Waals surface area contributed by atoms with Crippen LogP contribution >= 0.6 is 0 Å². The van der Waals surface area contributed by atoms with Crippen LogP contribution < -0.4 is 0 Å². The number of nitrogens with zero attached hydrogens (tertiary/aromatic N) is 2. The van der Waals surface area contributed by atoms with Gasteiger partial charge in [0.15, 0.2) is 0 Å².